The largest absolute Gasteiger partial charge is 0.398 e. The van der Waals surface area contributed by atoms with Crippen LogP contribution in [0.1, 0.15) is 37.7 Å². The van der Waals surface area contributed by atoms with Gasteiger partial charge in [0.25, 0.3) is 0 Å². The minimum atomic E-state index is -3.20. The second-order valence-corrected chi connectivity index (χ2v) is 7.86. The summed E-state index contributed by atoms with van der Waals surface area (Å²) in [6, 6.07) is 7.42. The second-order valence-electron chi connectivity index (χ2n) is 5.74. The molecule has 1 aromatic carbocycles. The summed E-state index contributed by atoms with van der Waals surface area (Å²) in [7, 11) is -1.55. The van der Waals surface area contributed by atoms with E-state index in [2.05, 4.69) is 0 Å². The lowest BCUT2D eigenvalue weighted by Gasteiger charge is -2.25. The average Bonchev–Trinajstić information content (AvgIpc) is 2.42. The van der Waals surface area contributed by atoms with Crippen molar-refractivity contribution in [2.45, 2.75) is 38.6 Å². The molecule has 5 heteroatoms. The highest BCUT2D eigenvalue weighted by atomic mass is 32.2. The number of hydrogen-bond acceptors (Lipinski definition) is 3. The molecule has 0 amide bonds. The van der Waals surface area contributed by atoms with E-state index in [9.17, 15) is 8.42 Å². The number of rotatable bonds is 5. The standard InChI is InChI=1S/C15H24N2O2S/c1-17(11-14-9-5-6-10-15(14)16)20(18,19)12-13-7-3-2-4-8-13/h5-6,9-10,13H,2-4,7-8,11-12,16H2,1H3. The highest BCUT2D eigenvalue weighted by Crippen LogP contribution is 2.26. The quantitative estimate of drug-likeness (QED) is 0.850. The van der Waals surface area contributed by atoms with E-state index in [0.717, 1.165) is 31.2 Å². The molecule has 0 saturated heterocycles. The van der Waals surface area contributed by atoms with Crippen molar-refractivity contribution in [3.8, 4) is 0 Å². The van der Waals surface area contributed by atoms with Gasteiger partial charge in [-0.1, -0.05) is 37.5 Å². The molecule has 2 rings (SSSR count). The summed E-state index contributed by atoms with van der Waals surface area (Å²) < 4.78 is 26.2. The first kappa shape index (κ1) is 15.3. The van der Waals surface area contributed by atoms with E-state index in [0.29, 0.717) is 18.2 Å². The summed E-state index contributed by atoms with van der Waals surface area (Å²) in [5, 5.41) is 0. The van der Waals surface area contributed by atoms with Gasteiger partial charge in [-0.15, -0.1) is 0 Å². The van der Waals surface area contributed by atoms with Gasteiger partial charge in [0.15, 0.2) is 0 Å². The second kappa shape index (κ2) is 6.59. The topological polar surface area (TPSA) is 63.4 Å². The molecule has 0 radical (unpaired) electrons. The Bertz CT molecular complexity index is 537. The molecule has 112 valence electrons. The minimum absolute atomic E-state index is 0.274. The lowest BCUT2D eigenvalue weighted by Crippen LogP contribution is -2.32. The van der Waals surface area contributed by atoms with Crippen LogP contribution in [0.25, 0.3) is 0 Å². The third kappa shape index (κ3) is 3.96. The fourth-order valence-electron chi connectivity index (χ4n) is 2.80. The number of hydrogen-bond donors (Lipinski definition) is 1. The van der Waals surface area contributed by atoms with Gasteiger partial charge in [-0.05, 0) is 30.4 Å². The van der Waals surface area contributed by atoms with Gasteiger partial charge in [-0.3, -0.25) is 0 Å². The molecule has 4 nitrogen and oxygen atoms in total. The van der Waals surface area contributed by atoms with Crippen LogP contribution in [0.15, 0.2) is 24.3 Å². The smallest absolute Gasteiger partial charge is 0.214 e. The van der Waals surface area contributed by atoms with Gasteiger partial charge in [0.2, 0.25) is 10.0 Å². The highest BCUT2D eigenvalue weighted by molar-refractivity contribution is 7.89. The third-order valence-corrected chi connectivity index (χ3v) is 6.07. The van der Waals surface area contributed by atoms with Crippen LogP contribution >= 0.6 is 0 Å². The Labute approximate surface area is 122 Å². The first-order valence-corrected chi connectivity index (χ1v) is 8.87. The Morgan fingerprint density at radius 2 is 1.85 bits per heavy atom. The Hall–Kier alpha value is -1.07. The molecule has 0 heterocycles. The van der Waals surface area contributed by atoms with Gasteiger partial charge in [0.05, 0.1) is 5.75 Å². The number of benzene rings is 1. The minimum Gasteiger partial charge on any atom is -0.398 e. The molecule has 1 aromatic rings. The number of anilines is 1. The van der Waals surface area contributed by atoms with Gasteiger partial charge in [-0.25, -0.2) is 12.7 Å². The van der Waals surface area contributed by atoms with Crippen molar-refractivity contribution in [2.75, 3.05) is 18.5 Å². The molecule has 0 unspecified atom stereocenters. The van der Waals surface area contributed by atoms with Crippen LogP contribution in [0, 0.1) is 5.92 Å². The molecule has 0 aliphatic heterocycles. The zero-order chi connectivity index (χ0) is 14.6. The van der Waals surface area contributed by atoms with Crippen LogP contribution in [0.5, 0.6) is 0 Å². The first-order valence-electron chi connectivity index (χ1n) is 7.26. The van der Waals surface area contributed by atoms with E-state index in [1.165, 1.54) is 10.7 Å². The monoisotopic (exact) mass is 296 g/mol. The zero-order valence-corrected chi connectivity index (χ0v) is 12.9. The van der Waals surface area contributed by atoms with Crippen LogP contribution in [0.2, 0.25) is 0 Å². The molecule has 1 saturated carbocycles. The van der Waals surface area contributed by atoms with E-state index < -0.39 is 10.0 Å². The Balaban J connectivity index is 1.99. The number of nitrogens with zero attached hydrogens (tertiary/aromatic N) is 1. The predicted octanol–water partition coefficient (Wildman–Crippen LogP) is 2.61. The van der Waals surface area contributed by atoms with Crippen molar-refractivity contribution in [1.82, 2.24) is 4.31 Å². The molecule has 20 heavy (non-hydrogen) atoms. The summed E-state index contributed by atoms with van der Waals surface area (Å²) in [5.74, 6) is 0.597. The highest BCUT2D eigenvalue weighted by Gasteiger charge is 2.25. The van der Waals surface area contributed by atoms with E-state index in [4.69, 9.17) is 5.73 Å². The number of sulfonamides is 1. The molecule has 2 N–H and O–H groups in total. The Morgan fingerprint density at radius 3 is 2.50 bits per heavy atom. The van der Waals surface area contributed by atoms with Crippen LogP contribution in [-0.4, -0.2) is 25.5 Å². The van der Waals surface area contributed by atoms with Gasteiger partial charge in [0.1, 0.15) is 0 Å². The fourth-order valence-corrected chi connectivity index (χ4v) is 4.31. The SMILES string of the molecule is CN(Cc1ccccc1N)S(=O)(=O)CC1CCCCC1. The van der Waals surface area contributed by atoms with Crippen molar-refractivity contribution in [1.29, 1.82) is 0 Å². The summed E-state index contributed by atoms with van der Waals surface area (Å²) in [6.45, 7) is 0.349. The molecular formula is C15H24N2O2S. The summed E-state index contributed by atoms with van der Waals surface area (Å²) >= 11 is 0. The maximum atomic E-state index is 12.4. The molecule has 1 aliphatic carbocycles. The first-order chi connectivity index (χ1) is 9.49. The van der Waals surface area contributed by atoms with E-state index in [1.807, 2.05) is 18.2 Å². The van der Waals surface area contributed by atoms with Crippen LogP contribution in [0.4, 0.5) is 5.69 Å². The summed E-state index contributed by atoms with van der Waals surface area (Å²) in [4.78, 5) is 0. The van der Waals surface area contributed by atoms with Gasteiger partial charge in [-0.2, -0.15) is 0 Å². The van der Waals surface area contributed by atoms with E-state index >= 15 is 0 Å². The normalized spacial score (nSPS) is 17.5. The van der Waals surface area contributed by atoms with Gasteiger partial charge in [0, 0.05) is 19.3 Å². The molecule has 0 aromatic heterocycles. The predicted molar refractivity (Wildman–Crippen MR) is 82.7 cm³/mol. The zero-order valence-electron chi connectivity index (χ0n) is 12.1. The van der Waals surface area contributed by atoms with Crippen molar-refractivity contribution < 1.29 is 8.42 Å². The van der Waals surface area contributed by atoms with E-state index in [-0.39, 0.29) is 5.75 Å². The van der Waals surface area contributed by atoms with Crippen molar-refractivity contribution in [2.24, 2.45) is 5.92 Å². The van der Waals surface area contributed by atoms with Crippen molar-refractivity contribution in [3.63, 3.8) is 0 Å². The van der Waals surface area contributed by atoms with Crippen molar-refractivity contribution >= 4 is 15.7 Å². The van der Waals surface area contributed by atoms with Gasteiger partial charge >= 0.3 is 0 Å². The fraction of sp³-hybridized carbons (Fsp3) is 0.600. The number of para-hydroxylation sites is 1. The maximum absolute atomic E-state index is 12.4. The van der Waals surface area contributed by atoms with Crippen LogP contribution in [-0.2, 0) is 16.6 Å². The molecule has 1 fully saturated rings. The summed E-state index contributed by atoms with van der Waals surface area (Å²) in [6.07, 6.45) is 5.65. The number of nitrogen functional groups attached to an aromatic ring is 1. The molecular weight excluding hydrogens is 272 g/mol. The Kier molecular flexibility index (Phi) is 5.05. The average molecular weight is 296 g/mol. The Morgan fingerprint density at radius 1 is 1.20 bits per heavy atom. The van der Waals surface area contributed by atoms with Gasteiger partial charge < -0.3 is 5.73 Å². The van der Waals surface area contributed by atoms with Crippen LogP contribution in [0.3, 0.4) is 0 Å². The molecule has 0 spiro atoms. The molecule has 1 aliphatic rings. The molecule has 0 bridgehead atoms. The number of nitrogens with two attached hydrogens (primary N) is 1. The van der Waals surface area contributed by atoms with Crippen molar-refractivity contribution in [3.05, 3.63) is 29.8 Å². The lowest BCUT2D eigenvalue weighted by molar-refractivity contribution is 0.374. The summed E-state index contributed by atoms with van der Waals surface area (Å²) in [5.41, 5.74) is 7.38. The lowest BCUT2D eigenvalue weighted by atomic mass is 9.91. The maximum Gasteiger partial charge on any atom is 0.214 e. The third-order valence-electron chi connectivity index (χ3n) is 4.09. The molecule has 0 atom stereocenters. The van der Waals surface area contributed by atoms with E-state index in [1.54, 1.807) is 13.1 Å². The van der Waals surface area contributed by atoms with Crippen LogP contribution < -0.4 is 5.73 Å².